The van der Waals surface area contributed by atoms with Crippen LogP contribution in [-0.4, -0.2) is 7.11 Å². The lowest BCUT2D eigenvalue weighted by Gasteiger charge is -2.10. The number of halogens is 2. The van der Waals surface area contributed by atoms with Gasteiger partial charge < -0.3 is 4.74 Å². The van der Waals surface area contributed by atoms with Crippen LogP contribution in [-0.2, 0) is 0 Å². The van der Waals surface area contributed by atoms with Crippen LogP contribution in [0.1, 0.15) is 11.1 Å². The minimum atomic E-state index is 0.340. The van der Waals surface area contributed by atoms with Gasteiger partial charge in [0.25, 0.3) is 0 Å². The van der Waals surface area contributed by atoms with E-state index in [1.54, 1.807) is 18.2 Å². The molecule has 0 unspecified atom stereocenters. The third kappa shape index (κ3) is 2.96. The molecule has 2 aromatic rings. The molecule has 2 nitrogen and oxygen atoms in total. The van der Waals surface area contributed by atoms with Crippen LogP contribution in [0.4, 0.5) is 0 Å². The van der Waals surface area contributed by atoms with Gasteiger partial charge >= 0.3 is 0 Å². The van der Waals surface area contributed by atoms with Crippen molar-refractivity contribution in [1.82, 2.24) is 0 Å². The first-order valence-corrected chi connectivity index (χ1v) is 6.62. The zero-order valence-corrected chi connectivity index (χ0v) is 12.2. The van der Waals surface area contributed by atoms with Crippen LogP contribution < -0.4 is 4.74 Å². The number of benzene rings is 2. The van der Waals surface area contributed by atoms with Crippen LogP contribution in [0, 0.1) is 11.3 Å². The minimum Gasteiger partial charge on any atom is -0.496 e. The Labute approximate surface area is 127 Å². The molecule has 0 heterocycles. The number of allylic oxidation sites excluding steroid dienone is 1. The average Bonchev–Trinajstić information content (AvgIpc) is 2.48. The van der Waals surface area contributed by atoms with Crippen LogP contribution in [0.15, 0.2) is 48.5 Å². The molecular weight excluding hydrogens is 293 g/mol. The van der Waals surface area contributed by atoms with Gasteiger partial charge in [0.15, 0.2) is 0 Å². The summed E-state index contributed by atoms with van der Waals surface area (Å²) < 4.78 is 5.27. The molecule has 0 aliphatic carbocycles. The molecule has 0 radical (unpaired) electrons. The molecule has 0 aliphatic rings. The summed E-state index contributed by atoms with van der Waals surface area (Å²) in [6.07, 6.45) is 0. The Kier molecular flexibility index (Phi) is 4.68. The first-order valence-electron chi connectivity index (χ1n) is 5.86. The molecule has 0 bridgehead atoms. The molecular formula is C16H11Cl2NO. The quantitative estimate of drug-likeness (QED) is 0.592. The van der Waals surface area contributed by atoms with Crippen LogP contribution in [0.3, 0.4) is 0 Å². The van der Waals surface area contributed by atoms with Crippen molar-refractivity contribution in [2.75, 3.05) is 7.11 Å². The number of nitrogens with zero attached hydrogens (tertiary/aromatic N) is 1. The Morgan fingerprint density at radius 1 is 1.15 bits per heavy atom. The summed E-state index contributed by atoms with van der Waals surface area (Å²) in [5.74, 6) is 0.534. The van der Waals surface area contributed by atoms with Gasteiger partial charge in [-0.25, -0.2) is 0 Å². The van der Waals surface area contributed by atoms with E-state index in [-0.39, 0.29) is 0 Å². The van der Waals surface area contributed by atoms with E-state index >= 15 is 0 Å². The second-order valence-corrected chi connectivity index (χ2v) is 4.83. The van der Waals surface area contributed by atoms with Gasteiger partial charge in [0.1, 0.15) is 11.8 Å². The molecule has 2 aromatic carbocycles. The lowest BCUT2D eigenvalue weighted by molar-refractivity contribution is 0.414. The summed E-state index contributed by atoms with van der Waals surface area (Å²) in [7, 11) is 1.54. The summed E-state index contributed by atoms with van der Waals surface area (Å²) in [6.45, 7) is 0. The molecule has 0 N–H and O–H groups in total. The zero-order chi connectivity index (χ0) is 14.5. The topological polar surface area (TPSA) is 33.0 Å². The lowest BCUT2D eigenvalue weighted by atomic mass is 10.0. The molecule has 0 amide bonds. The van der Waals surface area contributed by atoms with E-state index < -0.39 is 0 Å². The van der Waals surface area contributed by atoms with Crippen LogP contribution in [0.5, 0.6) is 5.75 Å². The molecule has 20 heavy (non-hydrogen) atoms. The first-order chi connectivity index (χ1) is 9.67. The van der Waals surface area contributed by atoms with Gasteiger partial charge in [-0.05, 0) is 23.8 Å². The largest absolute Gasteiger partial charge is 0.496 e. The summed E-state index contributed by atoms with van der Waals surface area (Å²) in [6, 6.07) is 16.5. The van der Waals surface area contributed by atoms with Crippen molar-refractivity contribution in [2.45, 2.75) is 0 Å². The average molecular weight is 304 g/mol. The second-order valence-electron chi connectivity index (χ2n) is 4.01. The van der Waals surface area contributed by atoms with Crippen molar-refractivity contribution in [3.63, 3.8) is 0 Å². The van der Waals surface area contributed by atoms with Gasteiger partial charge in [0, 0.05) is 10.6 Å². The van der Waals surface area contributed by atoms with Gasteiger partial charge in [-0.3, -0.25) is 0 Å². The fourth-order valence-electron chi connectivity index (χ4n) is 1.83. The van der Waals surface area contributed by atoms with Gasteiger partial charge in [0.05, 0.1) is 17.7 Å². The fraction of sp³-hybridized carbons (Fsp3) is 0.0625. The van der Waals surface area contributed by atoms with Gasteiger partial charge in [-0.2, -0.15) is 5.26 Å². The van der Waals surface area contributed by atoms with Crippen LogP contribution in [0.2, 0.25) is 5.02 Å². The van der Waals surface area contributed by atoms with E-state index in [4.69, 9.17) is 27.9 Å². The van der Waals surface area contributed by atoms with Crippen molar-refractivity contribution in [3.8, 4) is 11.8 Å². The van der Waals surface area contributed by atoms with Crippen molar-refractivity contribution in [3.05, 3.63) is 64.7 Å². The molecule has 0 fully saturated rings. The van der Waals surface area contributed by atoms with Crippen molar-refractivity contribution < 1.29 is 4.74 Å². The Balaban J connectivity index is 2.61. The smallest absolute Gasteiger partial charge is 0.129 e. The molecule has 0 spiro atoms. The molecule has 0 saturated heterocycles. The third-order valence-corrected chi connectivity index (χ3v) is 3.42. The van der Waals surface area contributed by atoms with Crippen molar-refractivity contribution >= 4 is 33.8 Å². The highest BCUT2D eigenvalue weighted by Gasteiger charge is 2.13. The number of rotatable bonds is 3. The molecule has 0 saturated carbocycles. The number of nitriles is 1. The van der Waals surface area contributed by atoms with E-state index in [2.05, 4.69) is 6.07 Å². The molecule has 100 valence electrons. The normalized spacial score (nSPS) is 11.5. The fourth-order valence-corrected chi connectivity index (χ4v) is 2.30. The molecule has 0 aliphatic heterocycles. The Morgan fingerprint density at radius 3 is 2.45 bits per heavy atom. The maximum atomic E-state index is 9.37. The minimum absolute atomic E-state index is 0.340. The standard InChI is InChI=1S/C16H11Cl2NO/c1-20-15-9-12(17)7-8-13(15)16(18)14(10-19)11-5-3-2-4-6-11/h2-9H,1H3. The maximum absolute atomic E-state index is 9.37. The monoisotopic (exact) mass is 303 g/mol. The van der Waals surface area contributed by atoms with Crippen LogP contribution >= 0.6 is 23.2 Å². The predicted octanol–water partition coefficient (Wildman–Crippen LogP) is 4.98. The summed E-state index contributed by atoms with van der Waals surface area (Å²) in [4.78, 5) is 0. The van der Waals surface area contributed by atoms with Crippen molar-refractivity contribution in [2.24, 2.45) is 0 Å². The number of ether oxygens (including phenoxy) is 1. The Bertz CT molecular complexity index is 687. The third-order valence-electron chi connectivity index (χ3n) is 2.79. The van der Waals surface area contributed by atoms with Crippen molar-refractivity contribution in [1.29, 1.82) is 5.26 Å². The Hall–Kier alpha value is -1.95. The van der Waals surface area contributed by atoms with E-state index in [1.165, 1.54) is 7.11 Å². The SMILES string of the molecule is COc1cc(Cl)ccc1C(Cl)=C(C#N)c1ccccc1. The van der Waals surface area contributed by atoms with Gasteiger partial charge in [0.2, 0.25) is 0 Å². The highest BCUT2D eigenvalue weighted by molar-refractivity contribution is 6.53. The summed E-state index contributed by atoms with van der Waals surface area (Å²) >= 11 is 12.3. The van der Waals surface area contributed by atoms with E-state index in [9.17, 15) is 5.26 Å². The first kappa shape index (κ1) is 14.5. The lowest BCUT2D eigenvalue weighted by Crippen LogP contribution is -1.91. The molecule has 0 aromatic heterocycles. The highest BCUT2D eigenvalue weighted by Crippen LogP contribution is 2.36. The Morgan fingerprint density at radius 2 is 1.85 bits per heavy atom. The zero-order valence-electron chi connectivity index (χ0n) is 10.7. The highest BCUT2D eigenvalue weighted by atomic mass is 35.5. The number of hydrogen-bond donors (Lipinski definition) is 0. The van der Waals surface area contributed by atoms with Crippen LogP contribution in [0.25, 0.3) is 10.6 Å². The van der Waals surface area contributed by atoms with E-state index in [1.807, 2.05) is 30.3 Å². The molecule has 0 atom stereocenters. The maximum Gasteiger partial charge on any atom is 0.129 e. The number of methoxy groups -OCH3 is 1. The molecule has 2 rings (SSSR count). The van der Waals surface area contributed by atoms with Gasteiger partial charge in [-0.1, -0.05) is 53.5 Å². The summed E-state index contributed by atoms with van der Waals surface area (Å²) in [5.41, 5.74) is 1.80. The van der Waals surface area contributed by atoms with Gasteiger partial charge in [-0.15, -0.1) is 0 Å². The molecule has 4 heteroatoms. The summed E-state index contributed by atoms with van der Waals surface area (Å²) in [5, 5.41) is 10.3. The van der Waals surface area contributed by atoms with E-state index in [0.29, 0.717) is 26.9 Å². The number of hydrogen-bond acceptors (Lipinski definition) is 2. The predicted molar refractivity (Wildman–Crippen MR) is 82.7 cm³/mol. The second kappa shape index (κ2) is 6.47. The van der Waals surface area contributed by atoms with E-state index in [0.717, 1.165) is 5.56 Å².